The topological polar surface area (TPSA) is 67.4 Å². The summed E-state index contributed by atoms with van der Waals surface area (Å²) in [6, 6.07) is 5.01. The molecule has 1 heterocycles. The summed E-state index contributed by atoms with van der Waals surface area (Å²) in [6.07, 6.45) is 6.66. The summed E-state index contributed by atoms with van der Waals surface area (Å²) >= 11 is 0. The molecule has 1 aromatic carbocycles. The number of rotatable bonds is 8. The number of likely N-dealkylation sites (tertiary alicyclic amines) is 1. The molecule has 1 atom stereocenters. The number of nitrogens with zero attached hydrogens (tertiary/aromatic N) is 2. The molecule has 2 N–H and O–H groups in total. The number of hydrogen-bond acceptors (Lipinski definition) is 5. The fourth-order valence-corrected chi connectivity index (χ4v) is 4.40. The number of ether oxygens (including phenoxy) is 3. The van der Waals surface area contributed by atoms with E-state index in [1.807, 2.05) is 12.1 Å². The van der Waals surface area contributed by atoms with Gasteiger partial charge in [0.1, 0.15) is 5.75 Å². The van der Waals surface area contributed by atoms with Gasteiger partial charge < -0.3 is 24.8 Å². The minimum absolute atomic E-state index is 0.445. The monoisotopic (exact) mass is 404 g/mol. The second kappa shape index (κ2) is 10.6. The van der Waals surface area contributed by atoms with E-state index in [0.29, 0.717) is 24.1 Å². The van der Waals surface area contributed by atoms with Crippen LogP contribution in [0, 0.1) is 0 Å². The molecule has 2 aliphatic rings. The van der Waals surface area contributed by atoms with Gasteiger partial charge in [-0.25, -0.2) is 4.99 Å². The lowest BCUT2D eigenvalue weighted by Crippen LogP contribution is -2.45. The van der Waals surface area contributed by atoms with Crippen LogP contribution >= 0.6 is 0 Å². The molecule has 1 saturated carbocycles. The minimum atomic E-state index is 0.445. The van der Waals surface area contributed by atoms with Gasteiger partial charge in [0, 0.05) is 43.3 Å². The molecule has 2 fully saturated rings. The van der Waals surface area contributed by atoms with Crippen molar-refractivity contribution in [2.45, 2.75) is 57.7 Å². The van der Waals surface area contributed by atoms with Crippen molar-refractivity contribution in [2.75, 3.05) is 41.0 Å². The molecule has 1 unspecified atom stereocenters. The van der Waals surface area contributed by atoms with Crippen LogP contribution < -0.4 is 24.8 Å². The van der Waals surface area contributed by atoms with Crippen LogP contribution in [0.4, 0.5) is 0 Å². The molecule has 0 spiro atoms. The second-order valence-electron chi connectivity index (χ2n) is 7.78. The van der Waals surface area contributed by atoms with Gasteiger partial charge in [0.2, 0.25) is 0 Å². The van der Waals surface area contributed by atoms with E-state index in [4.69, 9.17) is 19.2 Å². The van der Waals surface area contributed by atoms with E-state index in [1.54, 1.807) is 21.3 Å². The molecule has 0 aromatic heterocycles. The Bertz CT molecular complexity index is 689. The maximum Gasteiger partial charge on any atom is 0.191 e. The van der Waals surface area contributed by atoms with Crippen LogP contribution in [-0.2, 0) is 6.54 Å². The van der Waals surface area contributed by atoms with Crippen LogP contribution in [0.3, 0.4) is 0 Å². The van der Waals surface area contributed by atoms with Gasteiger partial charge in [0.05, 0.1) is 27.9 Å². The zero-order valence-corrected chi connectivity index (χ0v) is 18.3. The summed E-state index contributed by atoms with van der Waals surface area (Å²) in [5.74, 6) is 2.93. The van der Waals surface area contributed by atoms with Gasteiger partial charge in [-0.15, -0.1) is 0 Å². The van der Waals surface area contributed by atoms with E-state index < -0.39 is 0 Å². The van der Waals surface area contributed by atoms with E-state index in [2.05, 4.69) is 22.5 Å². The second-order valence-corrected chi connectivity index (χ2v) is 7.78. The van der Waals surface area contributed by atoms with E-state index in [0.717, 1.165) is 36.4 Å². The van der Waals surface area contributed by atoms with Gasteiger partial charge in [-0.05, 0) is 32.3 Å². The number of benzene rings is 1. The average Bonchev–Trinajstić information content (AvgIpc) is 3.43. The molecule has 1 saturated heterocycles. The zero-order valence-electron chi connectivity index (χ0n) is 18.3. The molecule has 1 aliphatic heterocycles. The molecule has 7 nitrogen and oxygen atoms in total. The summed E-state index contributed by atoms with van der Waals surface area (Å²) in [7, 11) is 4.92. The molecule has 1 aliphatic carbocycles. The highest BCUT2D eigenvalue weighted by Gasteiger charge is 2.30. The molecule has 3 rings (SSSR count). The smallest absolute Gasteiger partial charge is 0.191 e. The summed E-state index contributed by atoms with van der Waals surface area (Å²) in [6.45, 7) is 5.71. The standard InChI is InChI=1S/C22H36N4O3/c1-5-23-22(25-17-10-11-26(15-17)18-8-6-7-9-18)24-14-16-12-20(28-3)21(29-4)13-19(16)27-2/h12-13,17-18H,5-11,14-15H2,1-4H3,(H2,23,24,25). The Hall–Kier alpha value is -2.15. The number of guanidine groups is 1. The van der Waals surface area contributed by atoms with Gasteiger partial charge in [0.25, 0.3) is 0 Å². The predicted molar refractivity (Wildman–Crippen MR) is 116 cm³/mol. The molecule has 0 amide bonds. The number of hydrogen-bond donors (Lipinski definition) is 2. The van der Waals surface area contributed by atoms with E-state index in [-0.39, 0.29) is 0 Å². The number of aliphatic imine (C=N–C) groups is 1. The van der Waals surface area contributed by atoms with Gasteiger partial charge in [-0.2, -0.15) is 0 Å². The van der Waals surface area contributed by atoms with Crippen LogP contribution in [0.25, 0.3) is 0 Å². The SMILES string of the molecule is CCNC(=NCc1cc(OC)c(OC)cc1OC)NC1CCN(C2CCCC2)C1. The van der Waals surface area contributed by atoms with Crippen molar-refractivity contribution >= 4 is 5.96 Å². The first-order valence-electron chi connectivity index (χ1n) is 10.8. The number of nitrogens with one attached hydrogen (secondary N) is 2. The highest BCUT2D eigenvalue weighted by molar-refractivity contribution is 5.80. The summed E-state index contributed by atoms with van der Waals surface area (Å²) < 4.78 is 16.3. The van der Waals surface area contributed by atoms with Gasteiger partial charge in [-0.3, -0.25) is 4.90 Å². The highest BCUT2D eigenvalue weighted by Crippen LogP contribution is 2.35. The van der Waals surface area contributed by atoms with Crippen LogP contribution in [-0.4, -0.2) is 63.9 Å². The largest absolute Gasteiger partial charge is 0.496 e. The van der Waals surface area contributed by atoms with Crippen molar-refractivity contribution < 1.29 is 14.2 Å². The molecule has 7 heteroatoms. The molecule has 1 aromatic rings. The van der Waals surface area contributed by atoms with Crippen molar-refractivity contribution in [1.82, 2.24) is 15.5 Å². The normalized spacial score (nSPS) is 20.7. The maximum atomic E-state index is 5.53. The molecule has 29 heavy (non-hydrogen) atoms. The molecule has 0 bridgehead atoms. The lowest BCUT2D eigenvalue weighted by Gasteiger charge is -2.24. The van der Waals surface area contributed by atoms with E-state index >= 15 is 0 Å². The van der Waals surface area contributed by atoms with E-state index in [9.17, 15) is 0 Å². The first-order valence-corrected chi connectivity index (χ1v) is 10.8. The lowest BCUT2D eigenvalue weighted by atomic mass is 10.1. The fourth-order valence-electron chi connectivity index (χ4n) is 4.40. The molecule has 0 radical (unpaired) electrons. The molecular formula is C22H36N4O3. The van der Waals surface area contributed by atoms with Crippen molar-refractivity contribution in [3.63, 3.8) is 0 Å². The molecule has 162 valence electrons. The Balaban J connectivity index is 1.66. The summed E-state index contributed by atoms with van der Waals surface area (Å²) in [4.78, 5) is 7.47. The van der Waals surface area contributed by atoms with E-state index in [1.165, 1.54) is 38.6 Å². The Labute approximate surface area is 174 Å². The third-order valence-electron chi connectivity index (χ3n) is 5.94. The van der Waals surface area contributed by atoms with Crippen LogP contribution in [0.1, 0.15) is 44.6 Å². The van der Waals surface area contributed by atoms with Gasteiger partial charge in [0.15, 0.2) is 17.5 Å². The first kappa shape index (κ1) is 21.6. The van der Waals surface area contributed by atoms with Crippen LogP contribution in [0.15, 0.2) is 17.1 Å². The first-order chi connectivity index (χ1) is 14.2. The third-order valence-corrected chi connectivity index (χ3v) is 5.94. The third kappa shape index (κ3) is 5.47. The Kier molecular flexibility index (Phi) is 7.86. The molecular weight excluding hydrogens is 368 g/mol. The Morgan fingerprint density at radius 2 is 1.72 bits per heavy atom. The quantitative estimate of drug-likeness (QED) is 0.513. The number of methoxy groups -OCH3 is 3. The summed E-state index contributed by atoms with van der Waals surface area (Å²) in [5, 5.41) is 7.01. The van der Waals surface area contributed by atoms with Crippen molar-refractivity contribution in [1.29, 1.82) is 0 Å². The van der Waals surface area contributed by atoms with Gasteiger partial charge in [-0.1, -0.05) is 12.8 Å². The minimum Gasteiger partial charge on any atom is -0.496 e. The predicted octanol–water partition coefficient (Wildman–Crippen LogP) is 2.78. The van der Waals surface area contributed by atoms with Crippen LogP contribution in [0.2, 0.25) is 0 Å². The highest BCUT2D eigenvalue weighted by atomic mass is 16.5. The fraction of sp³-hybridized carbons (Fsp3) is 0.682. The van der Waals surface area contributed by atoms with Crippen LogP contribution in [0.5, 0.6) is 17.2 Å². The van der Waals surface area contributed by atoms with Crippen molar-refractivity contribution in [3.8, 4) is 17.2 Å². The zero-order chi connectivity index (χ0) is 20.6. The van der Waals surface area contributed by atoms with Crippen molar-refractivity contribution in [3.05, 3.63) is 17.7 Å². The summed E-state index contributed by atoms with van der Waals surface area (Å²) in [5.41, 5.74) is 0.960. The maximum absolute atomic E-state index is 5.53. The Morgan fingerprint density at radius 3 is 2.38 bits per heavy atom. The average molecular weight is 405 g/mol. The van der Waals surface area contributed by atoms with Crippen molar-refractivity contribution in [2.24, 2.45) is 4.99 Å². The lowest BCUT2D eigenvalue weighted by molar-refractivity contribution is 0.242. The van der Waals surface area contributed by atoms with Gasteiger partial charge >= 0.3 is 0 Å². The Morgan fingerprint density at radius 1 is 1.03 bits per heavy atom.